The molecule has 3 heterocycles. The van der Waals surface area contributed by atoms with Gasteiger partial charge in [0.2, 0.25) is 5.91 Å². The average Bonchev–Trinajstić information content (AvgIpc) is 3.23. The Morgan fingerprint density at radius 2 is 2.15 bits per heavy atom. The summed E-state index contributed by atoms with van der Waals surface area (Å²) in [5, 5.41) is 9.65. The predicted molar refractivity (Wildman–Crippen MR) is 108 cm³/mol. The zero-order valence-electron chi connectivity index (χ0n) is 16.1. The summed E-state index contributed by atoms with van der Waals surface area (Å²) >= 11 is 1.61. The van der Waals surface area contributed by atoms with Gasteiger partial charge in [0.25, 0.3) is 5.56 Å². The van der Waals surface area contributed by atoms with Crippen LogP contribution in [-0.4, -0.2) is 26.1 Å². The van der Waals surface area contributed by atoms with Crippen LogP contribution in [0.25, 0.3) is 15.7 Å². The number of aryl methyl sites for hydroxylation is 1. The van der Waals surface area contributed by atoms with Crippen LogP contribution in [0.4, 0.5) is 0 Å². The van der Waals surface area contributed by atoms with E-state index in [1.165, 1.54) is 11.1 Å². The first kappa shape index (κ1) is 18.2. The smallest absolute Gasteiger partial charge is 0.291 e. The van der Waals surface area contributed by atoms with Crippen molar-refractivity contribution >= 4 is 33.0 Å². The number of carbonyl (C=O) groups is 1. The maximum atomic E-state index is 12.9. The summed E-state index contributed by atoms with van der Waals surface area (Å²) in [4.78, 5) is 25.5. The molecule has 7 heteroatoms. The number of nitrogens with zero attached hydrogens (tertiary/aromatic N) is 3. The van der Waals surface area contributed by atoms with Gasteiger partial charge in [-0.1, -0.05) is 33.6 Å². The highest BCUT2D eigenvalue weighted by molar-refractivity contribution is 7.17. The lowest BCUT2D eigenvalue weighted by molar-refractivity contribution is -0.123. The first-order valence-electron chi connectivity index (χ1n) is 9.77. The Kier molecular flexibility index (Phi) is 4.80. The van der Waals surface area contributed by atoms with Gasteiger partial charge in [-0.3, -0.25) is 14.0 Å². The summed E-state index contributed by atoms with van der Waals surface area (Å²) in [5.41, 5.74) is 1.39. The van der Waals surface area contributed by atoms with Crippen molar-refractivity contribution in [3.05, 3.63) is 33.7 Å². The van der Waals surface area contributed by atoms with Gasteiger partial charge in [-0.05, 0) is 35.8 Å². The summed E-state index contributed by atoms with van der Waals surface area (Å²) in [5.74, 6) is 1.74. The molecule has 144 valence electrons. The summed E-state index contributed by atoms with van der Waals surface area (Å²) in [6.45, 7) is 6.43. The molecule has 0 radical (unpaired) electrons. The second-order valence-corrected chi connectivity index (χ2v) is 8.66. The van der Waals surface area contributed by atoms with Crippen molar-refractivity contribution in [1.29, 1.82) is 0 Å². The fraction of sp³-hybridized carbons (Fsp3) is 0.550. The van der Waals surface area contributed by atoms with Gasteiger partial charge in [-0.15, -0.1) is 11.3 Å². The summed E-state index contributed by atoms with van der Waals surface area (Å²) < 4.78 is 4.31. The van der Waals surface area contributed by atoms with Crippen LogP contribution >= 0.6 is 11.3 Å². The van der Waals surface area contributed by atoms with Crippen molar-refractivity contribution in [2.24, 2.45) is 11.8 Å². The average molecular weight is 387 g/mol. The third-order valence-corrected chi connectivity index (χ3v) is 6.89. The van der Waals surface area contributed by atoms with E-state index < -0.39 is 0 Å². The fourth-order valence-electron chi connectivity index (χ4n) is 4.23. The number of carbonyl (C=O) groups excluding carboxylic acids is 1. The van der Waals surface area contributed by atoms with Crippen LogP contribution in [0, 0.1) is 11.8 Å². The Labute approximate surface area is 162 Å². The van der Waals surface area contributed by atoms with Crippen LogP contribution in [0.5, 0.6) is 0 Å². The Morgan fingerprint density at radius 1 is 1.33 bits per heavy atom. The molecular formula is C20H26N4O2S. The number of nitrogens with one attached hydrogen (secondary N) is 1. The van der Waals surface area contributed by atoms with Crippen molar-refractivity contribution in [3.63, 3.8) is 0 Å². The Hall–Kier alpha value is -2.15. The minimum Gasteiger partial charge on any atom is -0.351 e. The van der Waals surface area contributed by atoms with Crippen LogP contribution in [0.15, 0.2) is 22.3 Å². The monoisotopic (exact) mass is 386 g/mol. The molecule has 1 aliphatic carbocycles. The maximum Gasteiger partial charge on any atom is 0.291 e. The van der Waals surface area contributed by atoms with Crippen molar-refractivity contribution in [3.8, 4) is 0 Å². The number of fused-ring (bicyclic) bond motifs is 3. The normalized spacial score (nSPS) is 23.1. The molecular weight excluding hydrogens is 360 g/mol. The van der Waals surface area contributed by atoms with E-state index in [2.05, 4.69) is 24.3 Å². The van der Waals surface area contributed by atoms with E-state index in [-0.39, 0.29) is 24.1 Å². The number of amides is 1. The number of aromatic nitrogens is 3. The molecule has 1 fully saturated rings. The maximum absolute atomic E-state index is 12.9. The molecule has 1 saturated carbocycles. The summed E-state index contributed by atoms with van der Waals surface area (Å²) in [6, 6.07) is 4.10. The largest absolute Gasteiger partial charge is 0.351 e. The molecule has 0 bridgehead atoms. The van der Waals surface area contributed by atoms with Crippen LogP contribution in [-0.2, 0) is 17.8 Å². The highest BCUT2D eigenvalue weighted by atomic mass is 32.1. The van der Waals surface area contributed by atoms with E-state index >= 15 is 0 Å². The van der Waals surface area contributed by atoms with Gasteiger partial charge in [0.05, 0.1) is 10.2 Å². The SMILES string of the molecule is CCc1nn(CC(=O)N[C@@H]2CCC[C@@H](C)[C@@H]2C)c(=O)c2cc3sccc3n12. The van der Waals surface area contributed by atoms with Gasteiger partial charge in [-0.25, -0.2) is 4.68 Å². The fourth-order valence-corrected chi connectivity index (χ4v) is 5.04. The van der Waals surface area contributed by atoms with E-state index in [1.807, 2.05) is 28.8 Å². The van der Waals surface area contributed by atoms with Crippen LogP contribution in [0.2, 0.25) is 0 Å². The van der Waals surface area contributed by atoms with Crippen molar-refractivity contribution < 1.29 is 4.79 Å². The van der Waals surface area contributed by atoms with Gasteiger partial charge in [0.15, 0.2) is 0 Å². The molecule has 4 rings (SSSR count). The Bertz CT molecular complexity index is 1050. The van der Waals surface area contributed by atoms with Gasteiger partial charge >= 0.3 is 0 Å². The van der Waals surface area contributed by atoms with E-state index in [4.69, 9.17) is 0 Å². The molecule has 0 aromatic carbocycles. The first-order chi connectivity index (χ1) is 13.0. The molecule has 1 aliphatic rings. The van der Waals surface area contributed by atoms with E-state index in [0.29, 0.717) is 23.8 Å². The highest BCUT2D eigenvalue weighted by Gasteiger charge is 2.28. The van der Waals surface area contributed by atoms with Crippen molar-refractivity contribution in [2.75, 3.05) is 0 Å². The molecule has 0 spiro atoms. The zero-order chi connectivity index (χ0) is 19.1. The van der Waals surface area contributed by atoms with Crippen LogP contribution < -0.4 is 10.9 Å². The minimum atomic E-state index is -0.212. The lowest BCUT2D eigenvalue weighted by Gasteiger charge is -2.34. The lowest BCUT2D eigenvalue weighted by atomic mass is 9.78. The summed E-state index contributed by atoms with van der Waals surface area (Å²) in [6.07, 6.45) is 4.06. The molecule has 0 unspecified atom stereocenters. The van der Waals surface area contributed by atoms with E-state index in [0.717, 1.165) is 28.9 Å². The molecule has 0 saturated heterocycles. The Balaban J connectivity index is 1.63. The number of thiophene rings is 1. The molecule has 27 heavy (non-hydrogen) atoms. The van der Waals surface area contributed by atoms with Crippen molar-refractivity contribution in [2.45, 2.75) is 59.0 Å². The Morgan fingerprint density at radius 3 is 2.93 bits per heavy atom. The van der Waals surface area contributed by atoms with Gasteiger partial charge < -0.3 is 5.32 Å². The number of hydrogen-bond donors (Lipinski definition) is 1. The second-order valence-electron chi connectivity index (χ2n) is 7.71. The first-order valence-corrected chi connectivity index (χ1v) is 10.7. The lowest BCUT2D eigenvalue weighted by Crippen LogP contribution is -2.46. The standard InChI is InChI=1S/C20H26N4O2S/c1-4-18-22-23(11-19(25)21-14-7-5-6-12(2)13(14)3)20(26)16-10-17-15(24(16)18)8-9-27-17/h8-10,12-14H,4-7,11H2,1-3H3,(H,21,25)/t12-,13+,14-/m1/s1. The zero-order valence-corrected chi connectivity index (χ0v) is 16.9. The third kappa shape index (κ3) is 3.18. The van der Waals surface area contributed by atoms with Crippen molar-refractivity contribution in [1.82, 2.24) is 19.5 Å². The van der Waals surface area contributed by atoms with Gasteiger partial charge in [0, 0.05) is 12.5 Å². The van der Waals surface area contributed by atoms with Gasteiger partial charge in [-0.2, -0.15) is 5.10 Å². The number of rotatable bonds is 4. The third-order valence-electron chi connectivity index (χ3n) is 6.03. The molecule has 3 atom stereocenters. The molecule has 6 nitrogen and oxygen atoms in total. The van der Waals surface area contributed by atoms with E-state index in [9.17, 15) is 9.59 Å². The predicted octanol–water partition coefficient (Wildman–Crippen LogP) is 3.21. The van der Waals surface area contributed by atoms with E-state index in [1.54, 1.807) is 11.3 Å². The molecule has 3 aromatic heterocycles. The molecule has 3 aromatic rings. The quantitative estimate of drug-likeness (QED) is 0.749. The molecule has 0 aliphatic heterocycles. The summed E-state index contributed by atoms with van der Waals surface area (Å²) in [7, 11) is 0. The molecule has 1 N–H and O–H groups in total. The van der Waals surface area contributed by atoms with Crippen LogP contribution in [0.1, 0.15) is 45.9 Å². The topological polar surface area (TPSA) is 68.4 Å². The van der Waals surface area contributed by atoms with Crippen LogP contribution in [0.3, 0.4) is 0 Å². The van der Waals surface area contributed by atoms with Gasteiger partial charge in [0.1, 0.15) is 17.9 Å². The number of hydrogen-bond acceptors (Lipinski definition) is 4. The minimum absolute atomic E-state index is 0.0290. The second kappa shape index (κ2) is 7.11. The molecule has 1 amide bonds. The highest BCUT2D eigenvalue weighted by Crippen LogP contribution is 2.29.